The summed E-state index contributed by atoms with van der Waals surface area (Å²) in [7, 11) is 0. The average molecular weight is 139 g/mol. The zero-order valence-corrected chi connectivity index (χ0v) is 6.60. The topological polar surface area (TPSA) is 26.0 Å². The maximum atomic E-state index is 5.57. The van der Waals surface area contributed by atoms with Gasteiger partial charge in [-0.25, -0.2) is 0 Å². The Kier molecular flexibility index (Phi) is 1.48. The van der Waals surface area contributed by atoms with E-state index in [2.05, 4.69) is 0 Å². The minimum Gasteiger partial charge on any atom is -0.330 e. The molecule has 0 aliphatic heterocycles. The van der Waals surface area contributed by atoms with E-state index in [1.807, 2.05) is 0 Å². The van der Waals surface area contributed by atoms with Crippen molar-refractivity contribution in [3.05, 3.63) is 0 Å². The van der Waals surface area contributed by atoms with Crippen molar-refractivity contribution < 1.29 is 0 Å². The molecule has 1 nitrogen and oxygen atoms in total. The van der Waals surface area contributed by atoms with E-state index >= 15 is 0 Å². The fraction of sp³-hybridized carbons (Fsp3) is 1.00. The van der Waals surface area contributed by atoms with Gasteiger partial charge in [-0.1, -0.05) is 6.42 Å². The Balaban J connectivity index is 1.87. The quantitative estimate of drug-likeness (QED) is 0.635. The molecule has 0 unspecified atom stereocenters. The van der Waals surface area contributed by atoms with Crippen LogP contribution in [0.5, 0.6) is 0 Å². The highest BCUT2D eigenvalue weighted by Gasteiger charge is 2.49. The van der Waals surface area contributed by atoms with Crippen molar-refractivity contribution in [1.82, 2.24) is 0 Å². The SMILES string of the molecule is NCCC1(C2CCC2)CC1. The second-order valence-electron chi connectivity index (χ2n) is 4.03. The van der Waals surface area contributed by atoms with Crippen LogP contribution in [0.2, 0.25) is 0 Å². The van der Waals surface area contributed by atoms with E-state index in [0.29, 0.717) is 0 Å². The molecular weight excluding hydrogens is 122 g/mol. The van der Waals surface area contributed by atoms with Gasteiger partial charge in [-0.2, -0.15) is 0 Å². The summed E-state index contributed by atoms with van der Waals surface area (Å²) in [5.41, 5.74) is 6.34. The largest absolute Gasteiger partial charge is 0.330 e. The Morgan fingerprint density at radius 1 is 1.30 bits per heavy atom. The van der Waals surface area contributed by atoms with Crippen molar-refractivity contribution in [2.45, 2.75) is 38.5 Å². The first-order chi connectivity index (χ1) is 4.87. The van der Waals surface area contributed by atoms with Crippen LogP contribution >= 0.6 is 0 Å². The Labute approximate surface area is 63.0 Å². The lowest BCUT2D eigenvalue weighted by Gasteiger charge is -2.33. The van der Waals surface area contributed by atoms with Crippen LogP contribution < -0.4 is 5.73 Å². The van der Waals surface area contributed by atoms with Gasteiger partial charge in [-0.15, -0.1) is 0 Å². The van der Waals surface area contributed by atoms with E-state index in [-0.39, 0.29) is 0 Å². The van der Waals surface area contributed by atoms with Gasteiger partial charge in [0.2, 0.25) is 0 Å². The van der Waals surface area contributed by atoms with Gasteiger partial charge in [-0.3, -0.25) is 0 Å². The normalized spacial score (nSPS) is 29.7. The van der Waals surface area contributed by atoms with Crippen LogP contribution in [0.15, 0.2) is 0 Å². The van der Waals surface area contributed by atoms with E-state index in [0.717, 1.165) is 17.9 Å². The zero-order valence-electron chi connectivity index (χ0n) is 6.60. The summed E-state index contributed by atoms with van der Waals surface area (Å²) >= 11 is 0. The second-order valence-corrected chi connectivity index (χ2v) is 4.03. The van der Waals surface area contributed by atoms with E-state index in [9.17, 15) is 0 Å². The van der Waals surface area contributed by atoms with Gasteiger partial charge in [-0.05, 0) is 50.0 Å². The number of hydrogen-bond donors (Lipinski definition) is 1. The standard InChI is InChI=1S/C9H17N/c10-7-6-9(4-5-9)8-2-1-3-8/h8H,1-7,10H2. The summed E-state index contributed by atoms with van der Waals surface area (Å²) in [6.07, 6.45) is 8.75. The van der Waals surface area contributed by atoms with Gasteiger partial charge < -0.3 is 5.73 Å². The van der Waals surface area contributed by atoms with Crippen LogP contribution in [0.25, 0.3) is 0 Å². The van der Waals surface area contributed by atoms with Crippen molar-refractivity contribution in [3.8, 4) is 0 Å². The summed E-state index contributed by atoms with van der Waals surface area (Å²) in [5.74, 6) is 1.08. The Morgan fingerprint density at radius 2 is 2.00 bits per heavy atom. The van der Waals surface area contributed by atoms with Crippen LogP contribution in [-0.2, 0) is 0 Å². The molecule has 2 saturated carbocycles. The third kappa shape index (κ3) is 0.878. The predicted molar refractivity (Wildman–Crippen MR) is 42.7 cm³/mol. The molecule has 0 aromatic carbocycles. The minimum absolute atomic E-state index is 0.771. The third-order valence-corrected chi connectivity index (χ3v) is 3.51. The van der Waals surface area contributed by atoms with Crippen LogP contribution in [0.1, 0.15) is 38.5 Å². The maximum Gasteiger partial charge on any atom is -0.00719 e. The van der Waals surface area contributed by atoms with Gasteiger partial charge in [0.25, 0.3) is 0 Å². The van der Waals surface area contributed by atoms with Gasteiger partial charge in [0.15, 0.2) is 0 Å². The number of rotatable bonds is 3. The summed E-state index contributed by atoms with van der Waals surface area (Å²) in [6, 6.07) is 0. The lowest BCUT2D eigenvalue weighted by atomic mass is 9.72. The molecule has 2 rings (SSSR count). The number of hydrogen-bond acceptors (Lipinski definition) is 1. The molecule has 0 bridgehead atoms. The van der Waals surface area contributed by atoms with Gasteiger partial charge >= 0.3 is 0 Å². The third-order valence-electron chi connectivity index (χ3n) is 3.51. The minimum atomic E-state index is 0.771. The van der Waals surface area contributed by atoms with Crippen molar-refractivity contribution in [3.63, 3.8) is 0 Å². The highest BCUT2D eigenvalue weighted by molar-refractivity contribution is 5.00. The molecular formula is C9H17N. The maximum absolute atomic E-state index is 5.57. The fourth-order valence-electron chi connectivity index (χ4n) is 2.33. The van der Waals surface area contributed by atoms with Crippen molar-refractivity contribution in [2.24, 2.45) is 17.1 Å². The van der Waals surface area contributed by atoms with Gasteiger partial charge in [0.05, 0.1) is 0 Å². The molecule has 10 heavy (non-hydrogen) atoms. The van der Waals surface area contributed by atoms with Crippen LogP contribution in [-0.4, -0.2) is 6.54 Å². The molecule has 0 heterocycles. The summed E-state index contributed by atoms with van der Waals surface area (Å²) in [6.45, 7) is 0.913. The molecule has 0 aromatic rings. The summed E-state index contributed by atoms with van der Waals surface area (Å²) in [5, 5.41) is 0. The molecule has 2 N–H and O–H groups in total. The van der Waals surface area contributed by atoms with Crippen LogP contribution in [0, 0.1) is 11.3 Å². The van der Waals surface area contributed by atoms with Crippen molar-refractivity contribution in [2.75, 3.05) is 6.54 Å². The molecule has 0 atom stereocenters. The molecule has 2 aliphatic rings. The first-order valence-corrected chi connectivity index (χ1v) is 4.57. The predicted octanol–water partition coefficient (Wildman–Crippen LogP) is 1.92. The second kappa shape index (κ2) is 2.23. The van der Waals surface area contributed by atoms with Crippen LogP contribution in [0.3, 0.4) is 0 Å². The molecule has 0 radical (unpaired) electrons. The average Bonchev–Trinajstić information content (AvgIpc) is 2.44. The Hall–Kier alpha value is -0.0400. The molecule has 0 spiro atoms. The van der Waals surface area contributed by atoms with Crippen LogP contribution in [0.4, 0.5) is 0 Å². The highest BCUT2D eigenvalue weighted by atomic mass is 14.6. The van der Waals surface area contributed by atoms with E-state index < -0.39 is 0 Å². The van der Waals surface area contributed by atoms with Crippen molar-refractivity contribution >= 4 is 0 Å². The number of nitrogens with two attached hydrogens (primary N) is 1. The van der Waals surface area contributed by atoms with E-state index in [4.69, 9.17) is 5.73 Å². The molecule has 2 fully saturated rings. The fourth-order valence-corrected chi connectivity index (χ4v) is 2.33. The molecule has 1 heteroatoms. The Bertz CT molecular complexity index is 123. The molecule has 2 aliphatic carbocycles. The zero-order chi connectivity index (χ0) is 7.03. The lowest BCUT2D eigenvalue weighted by Crippen LogP contribution is -2.25. The first kappa shape index (κ1) is 6.66. The Morgan fingerprint density at radius 3 is 2.30 bits per heavy atom. The monoisotopic (exact) mass is 139 g/mol. The molecule has 0 saturated heterocycles. The molecule has 0 amide bonds. The lowest BCUT2D eigenvalue weighted by molar-refractivity contribution is 0.177. The van der Waals surface area contributed by atoms with Crippen molar-refractivity contribution in [1.29, 1.82) is 0 Å². The molecule has 58 valence electrons. The summed E-state index contributed by atoms with van der Waals surface area (Å²) in [4.78, 5) is 0. The van der Waals surface area contributed by atoms with Gasteiger partial charge in [0.1, 0.15) is 0 Å². The highest BCUT2D eigenvalue weighted by Crippen LogP contribution is 2.60. The summed E-state index contributed by atoms with van der Waals surface area (Å²) < 4.78 is 0. The first-order valence-electron chi connectivity index (χ1n) is 4.57. The van der Waals surface area contributed by atoms with Gasteiger partial charge in [0, 0.05) is 0 Å². The van der Waals surface area contributed by atoms with E-state index in [1.165, 1.54) is 38.5 Å². The smallest absolute Gasteiger partial charge is 0.00719 e. The van der Waals surface area contributed by atoms with E-state index in [1.54, 1.807) is 0 Å². The molecule has 0 aromatic heterocycles.